The van der Waals surface area contributed by atoms with Crippen molar-refractivity contribution in [3.8, 4) is 11.3 Å². The molecule has 1 aliphatic rings. The zero-order valence-corrected chi connectivity index (χ0v) is 16.5. The van der Waals surface area contributed by atoms with Crippen LogP contribution in [0.5, 0.6) is 0 Å². The molecule has 0 N–H and O–H groups in total. The second-order valence-electron chi connectivity index (χ2n) is 7.45. The quantitative estimate of drug-likeness (QED) is 0.647. The van der Waals surface area contributed by atoms with Crippen LogP contribution in [0.3, 0.4) is 0 Å². The molecule has 29 heavy (non-hydrogen) atoms. The summed E-state index contributed by atoms with van der Waals surface area (Å²) in [4.78, 5) is 40.5. The molecule has 5 heteroatoms. The van der Waals surface area contributed by atoms with Gasteiger partial charge < -0.3 is 9.47 Å². The molecule has 2 aromatic carbocycles. The highest BCUT2D eigenvalue weighted by Crippen LogP contribution is 2.29. The Morgan fingerprint density at radius 3 is 2.41 bits per heavy atom. The van der Waals surface area contributed by atoms with Crippen molar-refractivity contribution in [2.24, 2.45) is 0 Å². The van der Waals surface area contributed by atoms with Crippen LogP contribution in [0.1, 0.15) is 31.8 Å². The number of hydrogen-bond acceptors (Lipinski definition) is 3. The maximum Gasteiger partial charge on any atom is 0.255 e. The molecule has 0 saturated carbocycles. The number of amides is 1. The molecular formula is C24H22N2O3. The minimum absolute atomic E-state index is 0.0975. The number of pyridine rings is 1. The van der Waals surface area contributed by atoms with Gasteiger partial charge in [0.25, 0.3) is 11.5 Å². The summed E-state index contributed by atoms with van der Waals surface area (Å²) in [6.07, 6.45) is 0.649. The highest BCUT2D eigenvalue weighted by Gasteiger charge is 2.26. The van der Waals surface area contributed by atoms with Gasteiger partial charge in [0.15, 0.2) is 5.78 Å². The minimum Gasteiger partial charge on any atom is -0.345 e. The predicted molar refractivity (Wildman–Crippen MR) is 112 cm³/mol. The third-order valence-electron chi connectivity index (χ3n) is 5.37. The second-order valence-corrected chi connectivity index (χ2v) is 7.45. The number of aromatic nitrogens is 1. The zero-order valence-electron chi connectivity index (χ0n) is 16.5. The topological polar surface area (TPSA) is 59.4 Å². The van der Waals surface area contributed by atoms with Gasteiger partial charge in [-0.15, -0.1) is 0 Å². The van der Waals surface area contributed by atoms with Crippen LogP contribution < -0.4 is 5.56 Å². The summed E-state index contributed by atoms with van der Waals surface area (Å²) < 4.78 is 1.70. The third kappa shape index (κ3) is 3.40. The van der Waals surface area contributed by atoms with Gasteiger partial charge >= 0.3 is 0 Å². The molecule has 0 bridgehead atoms. The summed E-state index contributed by atoms with van der Waals surface area (Å²) in [7, 11) is 3.30. The first-order valence-corrected chi connectivity index (χ1v) is 9.62. The Hall–Kier alpha value is -3.47. The van der Waals surface area contributed by atoms with Gasteiger partial charge in [-0.05, 0) is 18.1 Å². The second kappa shape index (κ2) is 7.51. The van der Waals surface area contributed by atoms with Gasteiger partial charge in [0.05, 0.1) is 11.3 Å². The van der Waals surface area contributed by atoms with Gasteiger partial charge in [-0.1, -0.05) is 54.6 Å². The highest BCUT2D eigenvalue weighted by atomic mass is 16.2. The maximum atomic E-state index is 13.4. The normalized spacial score (nSPS) is 12.1. The van der Waals surface area contributed by atoms with Crippen molar-refractivity contribution >= 4 is 11.7 Å². The number of carbonyl (C=O) groups is 2. The van der Waals surface area contributed by atoms with E-state index in [2.05, 4.69) is 0 Å². The van der Waals surface area contributed by atoms with E-state index in [4.69, 9.17) is 0 Å². The average molecular weight is 386 g/mol. The first-order chi connectivity index (χ1) is 14.0. The van der Waals surface area contributed by atoms with Crippen molar-refractivity contribution in [1.29, 1.82) is 0 Å². The van der Waals surface area contributed by atoms with E-state index < -0.39 is 0 Å². The molecule has 0 unspecified atom stereocenters. The van der Waals surface area contributed by atoms with E-state index in [1.807, 2.05) is 30.3 Å². The molecule has 1 aromatic heterocycles. The van der Waals surface area contributed by atoms with Crippen LogP contribution in [0.2, 0.25) is 0 Å². The highest BCUT2D eigenvalue weighted by molar-refractivity contribution is 6.01. The van der Waals surface area contributed by atoms with Crippen LogP contribution >= 0.6 is 0 Å². The predicted octanol–water partition coefficient (Wildman–Crippen LogP) is 3.20. The number of Topliss-reactive ketones (excluding diaryl/α,β-unsaturated/α-hetero) is 1. The Balaban J connectivity index is 1.88. The molecule has 0 radical (unpaired) electrons. The minimum atomic E-state index is -0.274. The number of benzene rings is 2. The van der Waals surface area contributed by atoms with Crippen molar-refractivity contribution in [3.05, 3.63) is 93.3 Å². The number of rotatable bonds is 4. The molecule has 4 rings (SSSR count). The fourth-order valence-electron chi connectivity index (χ4n) is 3.84. The summed E-state index contributed by atoms with van der Waals surface area (Å²) in [5.41, 5.74) is 3.69. The van der Waals surface area contributed by atoms with Gasteiger partial charge in [-0.2, -0.15) is 0 Å². The fraction of sp³-hybridized carbons (Fsp3) is 0.208. The summed E-state index contributed by atoms with van der Waals surface area (Å²) in [5, 5.41) is 0. The van der Waals surface area contributed by atoms with E-state index in [9.17, 15) is 14.4 Å². The molecule has 3 aromatic rings. The first-order valence-electron chi connectivity index (χ1n) is 9.62. The molecular weight excluding hydrogens is 364 g/mol. The van der Waals surface area contributed by atoms with Crippen molar-refractivity contribution in [3.63, 3.8) is 0 Å². The van der Waals surface area contributed by atoms with E-state index in [1.54, 1.807) is 49.0 Å². The Morgan fingerprint density at radius 2 is 1.69 bits per heavy atom. The molecule has 0 spiro atoms. The van der Waals surface area contributed by atoms with Gasteiger partial charge in [-0.3, -0.25) is 14.4 Å². The molecule has 2 heterocycles. The van der Waals surface area contributed by atoms with Gasteiger partial charge in [0, 0.05) is 43.8 Å². The first kappa shape index (κ1) is 18.9. The standard InChI is InChI=1S/C24H22N2O3/c1-25(2)23(28)19-14-21-18-11-7-6-8-16(18)12-13-26(21)24(29)20(19)15-22(27)17-9-4-3-5-10-17/h3-11,14H,12-13,15H2,1-2H3. The van der Waals surface area contributed by atoms with E-state index in [1.165, 1.54) is 4.90 Å². The SMILES string of the molecule is CN(C)C(=O)c1cc2n(c(=O)c1CC(=O)c1ccccc1)CCc1ccccc1-2. The molecule has 5 nitrogen and oxygen atoms in total. The fourth-order valence-corrected chi connectivity index (χ4v) is 3.84. The van der Waals surface area contributed by atoms with Crippen LogP contribution in [0.4, 0.5) is 0 Å². The van der Waals surface area contributed by atoms with E-state index in [-0.39, 0.29) is 29.2 Å². The summed E-state index contributed by atoms with van der Waals surface area (Å²) in [6, 6.07) is 18.6. The largest absolute Gasteiger partial charge is 0.345 e. The molecule has 0 fully saturated rings. The Bertz CT molecular complexity index is 1160. The molecule has 0 atom stereocenters. The van der Waals surface area contributed by atoms with Crippen LogP contribution in [0.15, 0.2) is 65.5 Å². The summed E-state index contributed by atoms with van der Waals surface area (Å²) >= 11 is 0. The smallest absolute Gasteiger partial charge is 0.255 e. The molecule has 1 amide bonds. The van der Waals surface area contributed by atoms with Gasteiger partial charge in [0.2, 0.25) is 0 Å². The number of ketones is 1. The van der Waals surface area contributed by atoms with Crippen molar-refractivity contribution in [2.75, 3.05) is 14.1 Å². The molecule has 0 aliphatic carbocycles. The van der Waals surface area contributed by atoms with Crippen LogP contribution in [0, 0.1) is 0 Å². The Labute approximate surface area is 169 Å². The lowest BCUT2D eigenvalue weighted by atomic mass is 9.93. The molecule has 146 valence electrons. The van der Waals surface area contributed by atoms with Crippen molar-refractivity contribution < 1.29 is 9.59 Å². The molecule has 1 aliphatic heterocycles. The van der Waals surface area contributed by atoms with Crippen molar-refractivity contribution in [2.45, 2.75) is 19.4 Å². The monoisotopic (exact) mass is 386 g/mol. The maximum absolute atomic E-state index is 13.4. The van der Waals surface area contributed by atoms with E-state index in [0.29, 0.717) is 17.7 Å². The Kier molecular flexibility index (Phi) is 4.89. The van der Waals surface area contributed by atoms with Crippen LogP contribution in [0.25, 0.3) is 11.3 Å². The van der Waals surface area contributed by atoms with Crippen molar-refractivity contribution in [1.82, 2.24) is 9.47 Å². The lowest BCUT2D eigenvalue weighted by molar-refractivity contribution is 0.0826. The van der Waals surface area contributed by atoms with Crippen LogP contribution in [-0.2, 0) is 19.4 Å². The van der Waals surface area contributed by atoms with Gasteiger partial charge in [0.1, 0.15) is 0 Å². The lowest BCUT2D eigenvalue weighted by Crippen LogP contribution is -2.34. The average Bonchev–Trinajstić information content (AvgIpc) is 2.75. The Morgan fingerprint density at radius 1 is 1.00 bits per heavy atom. The number of fused-ring (bicyclic) bond motifs is 3. The number of aryl methyl sites for hydroxylation is 1. The third-order valence-corrected chi connectivity index (χ3v) is 5.37. The van der Waals surface area contributed by atoms with Crippen LogP contribution in [-0.4, -0.2) is 35.3 Å². The number of carbonyl (C=O) groups excluding carboxylic acids is 2. The lowest BCUT2D eigenvalue weighted by Gasteiger charge is -2.24. The van der Waals surface area contributed by atoms with E-state index >= 15 is 0 Å². The zero-order chi connectivity index (χ0) is 20.5. The summed E-state index contributed by atoms with van der Waals surface area (Å²) in [5.74, 6) is -0.448. The van der Waals surface area contributed by atoms with E-state index in [0.717, 1.165) is 23.2 Å². The number of nitrogens with zero attached hydrogens (tertiary/aromatic N) is 2. The summed E-state index contributed by atoms with van der Waals surface area (Å²) in [6.45, 7) is 0.536. The number of hydrogen-bond donors (Lipinski definition) is 0. The van der Waals surface area contributed by atoms with Gasteiger partial charge in [-0.25, -0.2) is 0 Å². The molecule has 0 saturated heterocycles.